The second kappa shape index (κ2) is 3.85. The predicted octanol–water partition coefficient (Wildman–Crippen LogP) is 2.46. The van der Waals surface area contributed by atoms with Crippen LogP contribution in [0.5, 0.6) is 11.5 Å². The van der Waals surface area contributed by atoms with Crippen molar-refractivity contribution in [2.45, 2.75) is 13.0 Å². The molecular formula is C12H14O3. The van der Waals surface area contributed by atoms with Crippen molar-refractivity contribution in [3.05, 3.63) is 30.3 Å². The van der Waals surface area contributed by atoms with Gasteiger partial charge in [-0.2, -0.15) is 0 Å². The van der Waals surface area contributed by atoms with Crippen molar-refractivity contribution in [2.24, 2.45) is 0 Å². The van der Waals surface area contributed by atoms with Gasteiger partial charge in [-0.25, -0.2) is 0 Å². The Morgan fingerprint density at radius 1 is 1.47 bits per heavy atom. The van der Waals surface area contributed by atoms with Crippen LogP contribution in [0.15, 0.2) is 24.8 Å². The molecule has 1 aromatic carbocycles. The van der Waals surface area contributed by atoms with E-state index in [1.54, 1.807) is 7.11 Å². The maximum absolute atomic E-state index is 5.65. The predicted molar refractivity (Wildman–Crippen MR) is 58.1 cm³/mol. The van der Waals surface area contributed by atoms with E-state index in [2.05, 4.69) is 6.58 Å². The van der Waals surface area contributed by atoms with Gasteiger partial charge in [0.25, 0.3) is 0 Å². The summed E-state index contributed by atoms with van der Waals surface area (Å²) in [6.45, 7) is 6.36. The zero-order valence-electron chi connectivity index (χ0n) is 8.95. The second-order valence-electron chi connectivity index (χ2n) is 3.53. The molecule has 0 spiro atoms. The lowest BCUT2D eigenvalue weighted by atomic mass is 10.1. The summed E-state index contributed by atoms with van der Waals surface area (Å²) in [7, 11) is 1.60. The Balaban J connectivity index is 2.32. The molecule has 0 bridgehead atoms. The van der Waals surface area contributed by atoms with Crippen molar-refractivity contribution >= 4 is 5.76 Å². The molecule has 0 aromatic heterocycles. The largest absolute Gasteiger partial charge is 0.497 e. The van der Waals surface area contributed by atoms with E-state index in [9.17, 15) is 0 Å². The van der Waals surface area contributed by atoms with Crippen LogP contribution in [0, 0.1) is 0 Å². The first kappa shape index (κ1) is 9.90. The molecule has 1 aliphatic heterocycles. The van der Waals surface area contributed by atoms with Crippen molar-refractivity contribution in [2.75, 3.05) is 13.7 Å². The molecule has 0 fully saturated rings. The molecule has 3 nitrogen and oxygen atoms in total. The van der Waals surface area contributed by atoms with Crippen LogP contribution in [0.25, 0.3) is 5.76 Å². The Bertz CT molecular complexity index is 384. The molecule has 0 saturated carbocycles. The van der Waals surface area contributed by atoms with Crippen molar-refractivity contribution < 1.29 is 14.2 Å². The number of hydrogen-bond donors (Lipinski definition) is 0. The highest BCUT2D eigenvalue weighted by molar-refractivity contribution is 5.61. The van der Waals surface area contributed by atoms with Crippen molar-refractivity contribution in [1.82, 2.24) is 0 Å². The molecule has 0 aliphatic carbocycles. The fraction of sp³-hybridized carbons (Fsp3) is 0.333. The lowest BCUT2D eigenvalue weighted by molar-refractivity contribution is 0.104. The van der Waals surface area contributed by atoms with E-state index in [-0.39, 0.29) is 6.10 Å². The van der Waals surface area contributed by atoms with Gasteiger partial charge in [0.1, 0.15) is 18.5 Å². The number of fused-ring (bicyclic) bond motifs is 1. The Hall–Kier alpha value is -1.64. The normalized spacial score (nSPS) is 18.4. The molecule has 0 saturated heterocycles. The first-order chi connectivity index (χ1) is 7.20. The molecule has 0 amide bonds. The summed E-state index contributed by atoms with van der Waals surface area (Å²) in [6, 6.07) is 5.67. The molecule has 1 aliphatic rings. The Morgan fingerprint density at radius 3 is 3.00 bits per heavy atom. The third-order valence-corrected chi connectivity index (χ3v) is 2.31. The van der Waals surface area contributed by atoms with E-state index in [0.717, 1.165) is 17.1 Å². The summed E-state index contributed by atoms with van der Waals surface area (Å²) < 4.78 is 16.2. The van der Waals surface area contributed by atoms with Crippen LogP contribution in [-0.4, -0.2) is 19.8 Å². The SMILES string of the molecule is C=C(OC)c1ccc2c(c1)OC(C)CO2. The van der Waals surface area contributed by atoms with E-state index < -0.39 is 0 Å². The van der Waals surface area contributed by atoms with E-state index in [0.29, 0.717) is 12.4 Å². The average molecular weight is 206 g/mol. The van der Waals surface area contributed by atoms with Gasteiger partial charge in [0.05, 0.1) is 7.11 Å². The van der Waals surface area contributed by atoms with Gasteiger partial charge in [-0.15, -0.1) is 0 Å². The topological polar surface area (TPSA) is 27.7 Å². The molecule has 1 aromatic rings. The van der Waals surface area contributed by atoms with Crippen molar-refractivity contribution in [3.8, 4) is 11.5 Å². The van der Waals surface area contributed by atoms with Gasteiger partial charge in [0.2, 0.25) is 0 Å². The molecule has 1 heterocycles. The summed E-state index contributed by atoms with van der Waals surface area (Å²) >= 11 is 0. The molecule has 0 N–H and O–H groups in total. The van der Waals surface area contributed by atoms with Gasteiger partial charge < -0.3 is 14.2 Å². The molecule has 80 valence electrons. The maximum Gasteiger partial charge on any atom is 0.162 e. The van der Waals surface area contributed by atoms with E-state index in [1.807, 2.05) is 25.1 Å². The Kier molecular flexibility index (Phi) is 2.54. The van der Waals surface area contributed by atoms with Crippen LogP contribution in [0.2, 0.25) is 0 Å². The second-order valence-corrected chi connectivity index (χ2v) is 3.53. The van der Waals surface area contributed by atoms with Crippen LogP contribution in [0.3, 0.4) is 0 Å². The highest BCUT2D eigenvalue weighted by Crippen LogP contribution is 2.34. The smallest absolute Gasteiger partial charge is 0.162 e. The molecule has 2 rings (SSSR count). The summed E-state index contributed by atoms with van der Waals surface area (Å²) in [6.07, 6.45) is 0.0866. The zero-order valence-corrected chi connectivity index (χ0v) is 8.95. The van der Waals surface area contributed by atoms with Crippen LogP contribution >= 0.6 is 0 Å². The van der Waals surface area contributed by atoms with Gasteiger partial charge in [-0.1, -0.05) is 6.58 Å². The fourth-order valence-corrected chi connectivity index (χ4v) is 1.47. The van der Waals surface area contributed by atoms with Gasteiger partial charge in [-0.3, -0.25) is 0 Å². The molecule has 15 heavy (non-hydrogen) atoms. The third kappa shape index (κ3) is 1.91. The third-order valence-electron chi connectivity index (χ3n) is 2.31. The summed E-state index contributed by atoms with van der Waals surface area (Å²) in [5.74, 6) is 2.16. The number of rotatable bonds is 2. The van der Waals surface area contributed by atoms with Gasteiger partial charge >= 0.3 is 0 Å². The van der Waals surface area contributed by atoms with Crippen LogP contribution in [0.4, 0.5) is 0 Å². The molecule has 3 heteroatoms. The lowest BCUT2D eigenvalue weighted by Gasteiger charge is -2.24. The van der Waals surface area contributed by atoms with E-state index in [4.69, 9.17) is 14.2 Å². The molecule has 1 unspecified atom stereocenters. The van der Waals surface area contributed by atoms with Gasteiger partial charge in [-0.05, 0) is 25.1 Å². The summed E-state index contributed by atoms with van der Waals surface area (Å²) in [4.78, 5) is 0. The Labute approximate surface area is 89.3 Å². The van der Waals surface area contributed by atoms with Crippen molar-refractivity contribution in [1.29, 1.82) is 0 Å². The fourth-order valence-electron chi connectivity index (χ4n) is 1.47. The number of benzene rings is 1. The molecular weight excluding hydrogens is 192 g/mol. The summed E-state index contributed by atoms with van der Waals surface area (Å²) in [5.41, 5.74) is 0.911. The average Bonchev–Trinajstić information content (AvgIpc) is 2.27. The highest BCUT2D eigenvalue weighted by Gasteiger charge is 2.17. The standard InChI is InChI=1S/C12H14O3/c1-8-7-14-11-5-4-10(9(2)13-3)6-12(11)15-8/h4-6,8H,2,7H2,1,3H3. The summed E-state index contributed by atoms with van der Waals surface area (Å²) in [5, 5.41) is 0. The van der Waals surface area contributed by atoms with Crippen LogP contribution < -0.4 is 9.47 Å². The molecule has 0 radical (unpaired) electrons. The monoisotopic (exact) mass is 206 g/mol. The number of hydrogen-bond acceptors (Lipinski definition) is 3. The number of ether oxygens (including phenoxy) is 3. The minimum atomic E-state index is 0.0866. The maximum atomic E-state index is 5.65. The lowest BCUT2D eigenvalue weighted by Crippen LogP contribution is -2.25. The Morgan fingerprint density at radius 2 is 2.27 bits per heavy atom. The van der Waals surface area contributed by atoms with Crippen LogP contribution in [0.1, 0.15) is 12.5 Å². The zero-order chi connectivity index (χ0) is 10.8. The van der Waals surface area contributed by atoms with Gasteiger partial charge in [0.15, 0.2) is 11.5 Å². The van der Waals surface area contributed by atoms with Gasteiger partial charge in [0, 0.05) is 5.56 Å². The van der Waals surface area contributed by atoms with E-state index in [1.165, 1.54) is 0 Å². The number of methoxy groups -OCH3 is 1. The minimum Gasteiger partial charge on any atom is -0.497 e. The molecule has 1 atom stereocenters. The quantitative estimate of drug-likeness (QED) is 0.696. The van der Waals surface area contributed by atoms with Crippen LogP contribution in [-0.2, 0) is 4.74 Å². The highest BCUT2D eigenvalue weighted by atomic mass is 16.6. The minimum absolute atomic E-state index is 0.0866. The van der Waals surface area contributed by atoms with E-state index >= 15 is 0 Å². The first-order valence-corrected chi connectivity index (χ1v) is 4.87. The van der Waals surface area contributed by atoms with Crippen molar-refractivity contribution in [3.63, 3.8) is 0 Å². The first-order valence-electron chi connectivity index (χ1n) is 4.87.